The highest BCUT2D eigenvalue weighted by Gasteiger charge is 2.43. The van der Waals surface area contributed by atoms with Crippen LogP contribution in [0, 0.1) is 0 Å². The molecule has 1 unspecified atom stereocenters. The number of hydrogen-bond donors (Lipinski definition) is 2. The molecule has 2 aliphatic rings. The van der Waals surface area contributed by atoms with E-state index in [-0.39, 0.29) is 17.2 Å². The van der Waals surface area contributed by atoms with Crippen LogP contribution < -0.4 is 16.3 Å². The van der Waals surface area contributed by atoms with Gasteiger partial charge in [-0.2, -0.15) is 0 Å². The van der Waals surface area contributed by atoms with Crippen LogP contribution in [0.4, 0.5) is 0 Å². The molecule has 0 radical (unpaired) electrons. The zero-order valence-corrected chi connectivity index (χ0v) is 15.1. The Balaban J connectivity index is 1.62. The van der Waals surface area contributed by atoms with E-state index in [2.05, 4.69) is 10.6 Å². The van der Waals surface area contributed by atoms with E-state index >= 15 is 0 Å². The third-order valence-electron chi connectivity index (χ3n) is 5.36. The Morgan fingerprint density at radius 2 is 2.08 bits per heavy atom. The summed E-state index contributed by atoms with van der Waals surface area (Å²) in [5, 5.41) is 7.50. The van der Waals surface area contributed by atoms with Gasteiger partial charge in [-0.1, -0.05) is 11.6 Å². The molecule has 1 amide bonds. The average Bonchev–Trinajstić information content (AvgIpc) is 2.64. The fraction of sp³-hybridized carbons (Fsp3) is 0.474. The van der Waals surface area contributed by atoms with Crippen molar-refractivity contribution in [3.8, 4) is 0 Å². The van der Waals surface area contributed by atoms with Crippen LogP contribution >= 0.6 is 11.6 Å². The van der Waals surface area contributed by atoms with Crippen molar-refractivity contribution in [3.05, 3.63) is 45.3 Å². The van der Waals surface area contributed by atoms with Gasteiger partial charge in [0.05, 0.1) is 11.6 Å². The zero-order valence-electron chi connectivity index (χ0n) is 14.3. The highest BCUT2D eigenvalue weighted by atomic mass is 35.5. The molecular weight excluding hydrogens is 356 g/mol. The quantitative estimate of drug-likeness (QED) is 0.787. The first-order valence-corrected chi connectivity index (χ1v) is 9.34. The molecule has 2 aromatic rings. The smallest absolute Gasteiger partial charge is 0.349 e. The van der Waals surface area contributed by atoms with Crippen LogP contribution in [0.3, 0.4) is 0 Å². The second-order valence-corrected chi connectivity index (χ2v) is 7.40. The SMILES string of the molecule is O=C(NC1CCCOC12CCNCC2)c1cc2cc(Cl)ccc2oc1=O. The van der Waals surface area contributed by atoms with E-state index in [0.717, 1.165) is 38.8 Å². The van der Waals surface area contributed by atoms with E-state index in [0.29, 0.717) is 22.6 Å². The molecule has 2 fully saturated rings. The highest BCUT2D eigenvalue weighted by molar-refractivity contribution is 6.31. The second-order valence-electron chi connectivity index (χ2n) is 6.96. The Morgan fingerprint density at radius 3 is 2.88 bits per heavy atom. The van der Waals surface area contributed by atoms with Gasteiger partial charge in [0.2, 0.25) is 0 Å². The molecule has 2 N–H and O–H groups in total. The molecule has 7 heteroatoms. The van der Waals surface area contributed by atoms with Crippen LogP contribution in [-0.2, 0) is 4.74 Å². The van der Waals surface area contributed by atoms with Crippen molar-refractivity contribution in [1.29, 1.82) is 0 Å². The summed E-state index contributed by atoms with van der Waals surface area (Å²) >= 11 is 6.00. The largest absolute Gasteiger partial charge is 0.422 e. The minimum atomic E-state index is -0.645. The molecule has 4 rings (SSSR count). The van der Waals surface area contributed by atoms with Gasteiger partial charge in [0.25, 0.3) is 5.91 Å². The molecule has 2 saturated heterocycles. The van der Waals surface area contributed by atoms with E-state index in [1.54, 1.807) is 24.3 Å². The molecule has 1 spiro atoms. The second kappa shape index (κ2) is 7.02. The molecular formula is C19H21ClN2O4. The van der Waals surface area contributed by atoms with E-state index in [9.17, 15) is 9.59 Å². The molecule has 0 aliphatic carbocycles. The van der Waals surface area contributed by atoms with Crippen molar-refractivity contribution in [3.63, 3.8) is 0 Å². The molecule has 1 aromatic heterocycles. The predicted octanol–water partition coefficient (Wildman–Crippen LogP) is 2.48. The maximum Gasteiger partial charge on any atom is 0.349 e. The highest BCUT2D eigenvalue weighted by Crippen LogP contribution is 2.33. The summed E-state index contributed by atoms with van der Waals surface area (Å²) in [6.45, 7) is 2.44. The summed E-state index contributed by atoms with van der Waals surface area (Å²) in [5.74, 6) is -0.422. The van der Waals surface area contributed by atoms with Gasteiger partial charge in [-0.15, -0.1) is 0 Å². The number of hydrogen-bond acceptors (Lipinski definition) is 5. The number of amides is 1. The molecule has 26 heavy (non-hydrogen) atoms. The summed E-state index contributed by atoms with van der Waals surface area (Å²) in [6.07, 6.45) is 3.43. The number of fused-ring (bicyclic) bond motifs is 1. The first-order valence-electron chi connectivity index (χ1n) is 8.96. The molecule has 0 bridgehead atoms. The number of nitrogens with one attached hydrogen (secondary N) is 2. The Labute approximate surface area is 155 Å². The summed E-state index contributed by atoms with van der Waals surface area (Å²) in [6, 6.07) is 6.38. The molecule has 1 aromatic carbocycles. The lowest BCUT2D eigenvalue weighted by molar-refractivity contribution is -0.114. The lowest BCUT2D eigenvalue weighted by Crippen LogP contribution is -2.60. The Morgan fingerprint density at radius 1 is 1.27 bits per heavy atom. The maximum absolute atomic E-state index is 12.8. The summed E-state index contributed by atoms with van der Waals surface area (Å²) in [7, 11) is 0. The van der Waals surface area contributed by atoms with Crippen LogP contribution in [0.5, 0.6) is 0 Å². The van der Waals surface area contributed by atoms with E-state index in [1.807, 2.05) is 0 Å². The van der Waals surface area contributed by atoms with Gasteiger partial charge in [-0.05, 0) is 63.0 Å². The van der Waals surface area contributed by atoms with Crippen LogP contribution in [0.2, 0.25) is 5.02 Å². The third kappa shape index (κ3) is 3.24. The summed E-state index contributed by atoms with van der Waals surface area (Å²) in [4.78, 5) is 25.1. The predicted molar refractivity (Wildman–Crippen MR) is 98.8 cm³/mol. The van der Waals surface area contributed by atoms with E-state index in [1.165, 1.54) is 0 Å². The van der Waals surface area contributed by atoms with Gasteiger partial charge in [0.1, 0.15) is 11.1 Å². The molecule has 2 aliphatic heterocycles. The van der Waals surface area contributed by atoms with Crippen LogP contribution in [-0.4, -0.2) is 37.2 Å². The monoisotopic (exact) mass is 376 g/mol. The summed E-state index contributed by atoms with van der Waals surface area (Å²) < 4.78 is 11.4. The third-order valence-corrected chi connectivity index (χ3v) is 5.59. The average molecular weight is 377 g/mol. The fourth-order valence-corrected chi connectivity index (χ4v) is 4.14. The van der Waals surface area contributed by atoms with Crippen LogP contribution in [0.25, 0.3) is 11.0 Å². The Bertz CT molecular complexity index is 880. The fourth-order valence-electron chi connectivity index (χ4n) is 3.96. The number of rotatable bonds is 2. The number of ether oxygens (including phenoxy) is 1. The van der Waals surface area contributed by atoms with Gasteiger partial charge >= 0.3 is 5.63 Å². The number of carbonyl (C=O) groups excluding carboxylic acids is 1. The summed E-state index contributed by atoms with van der Waals surface area (Å²) in [5.41, 5.74) is -0.589. The molecule has 3 heterocycles. The van der Waals surface area contributed by atoms with Crippen molar-refractivity contribution in [2.75, 3.05) is 19.7 Å². The molecule has 1 atom stereocenters. The number of carbonyl (C=O) groups is 1. The van der Waals surface area contributed by atoms with Crippen LogP contribution in [0.1, 0.15) is 36.0 Å². The zero-order chi connectivity index (χ0) is 18.1. The minimum absolute atomic E-state index is 0.00516. The van der Waals surface area contributed by atoms with Crippen molar-refractivity contribution in [1.82, 2.24) is 10.6 Å². The van der Waals surface area contributed by atoms with Gasteiger partial charge in [-0.25, -0.2) is 4.79 Å². The van der Waals surface area contributed by atoms with Crippen molar-refractivity contribution < 1.29 is 13.9 Å². The van der Waals surface area contributed by atoms with Crippen molar-refractivity contribution >= 4 is 28.5 Å². The maximum atomic E-state index is 12.8. The Hall–Kier alpha value is -1.89. The molecule has 6 nitrogen and oxygen atoms in total. The Kier molecular flexibility index (Phi) is 4.73. The van der Waals surface area contributed by atoms with Gasteiger partial charge in [-0.3, -0.25) is 4.79 Å². The minimum Gasteiger partial charge on any atom is -0.422 e. The molecule has 138 valence electrons. The first-order chi connectivity index (χ1) is 12.6. The van der Waals surface area contributed by atoms with Gasteiger partial charge in [0.15, 0.2) is 0 Å². The number of halogens is 1. The van der Waals surface area contributed by atoms with Crippen molar-refractivity contribution in [2.45, 2.75) is 37.3 Å². The normalized spacial score (nSPS) is 22.4. The van der Waals surface area contributed by atoms with Gasteiger partial charge in [0, 0.05) is 17.0 Å². The lowest BCUT2D eigenvalue weighted by atomic mass is 9.80. The van der Waals surface area contributed by atoms with Crippen LogP contribution in [0.15, 0.2) is 33.5 Å². The number of benzene rings is 1. The lowest BCUT2D eigenvalue weighted by Gasteiger charge is -2.46. The van der Waals surface area contributed by atoms with E-state index < -0.39 is 11.5 Å². The topological polar surface area (TPSA) is 80.6 Å². The van der Waals surface area contributed by atoms with Crippen molar-refractivity contribution in [2.24, 2.45) is 0 Å². The first kappa shape index (κ1) is 17.5. The standard InChI is InChI=1S/C19H21ClN2O4/c20-13-3-4-15-12(10-13)11-14(18(24)26-15)17(23)22-16-2-1-9-25-19(16)5-7-21-8-6-19/h3-4,10-11,16,21H,1-2,5-9H2,(H,22,23). The van der Waals surface area contributed by atoms with Gasteiger partial charge < -0.3 is 19.8 Å². The van der Waals surface area contributed by atoms with E-state index in [4.69, 9.17) is 20.8 Å². The molecule has 0 saturated carbocycles. The number of piperidine rings is 1.